The minimum atomic E-state index is -0.486. The first-order valence-electron chi connectivity index (χ1n) is 8.63. The van der Waals surface area contributed by atoms with Crippen molar-refractivity contribution in [1.29, 1.82) is 5.26 Å². The molecular weight excluding hydrogens is 376 g/mol. The van der Waals surface area contributed by atoms with Gasteiger partial charge in [0, 0.05) is 5.56 Å². The van der Waals surface area contributed by atoms with Crippen molar-refractivity contribution in [1.82, 2.24) is 15.1 Å². The van der Waals surface area contributed by atoms with Crippen LogP contribution >= 0.6 is 11.8 Å². The summed E-state index contributed by atoms with van der Waals surface area (Å²) >= 11 is 1.30. The summed E-state index contributed by atoms with van der Waals surface area (Å²) in [7, 11) is 0. The highest BCUT2D eigenvalue weighted by molar-refractivity contribution is 7.98. The molecule has 7 nitrogen and oxygen atoms in total. The fourth-order valence-corrected chi connectivity index (χ4v) is 3.40. The first kappa shape index (κ1) is 19.6. The molecule has 8 heteroatoms. The normalized spacial score (nSPS) is 10.5. The molecule has 0 saturated heterocycles. The highest BCUT2D eigenvalue weighted by Crippen LogP contribution is 2.27. The monoisotopic (exact) mass is 394 g/mol. The SMILES string of the molecule is CCOC(=O)c1cc(C#N)c(SCc2nc(-c3ccccc3C)no2)nc1C. The van der Waals surface area contributed by atoms with Crippen LogP contribution in [-0.4, -0.2) is 27.7 Å². The van der Waals surface area contributed by atoms with Crippen molar-refractivity contribution >= 4 is 17.7 Å². The fraction of sp³-hybridized carbons (Fsp3) is 0.250. The molecule has 0 amide bonds. The van der Waals surface area contributed by atoms with Crippen LogP contribution < -0.4 is 0 Å². The zero-order valence-electron chi connectivity index (χ0n) is 15.7. The van der Waals surface area contributed by atoms with Gasteiger partial charge in [0.25, 0.3) is 0 Å². The summed E-state index contributed by atoms with van der Waals surface area (Å²) in [6, 6.07) is 11.4. The topological polar surface area (TPSA) is 102 Å². The number of carbonyl (C=O) groups excluding carboxylic acids is 1. The second kappa shape index (κ2) is 8.67. The molecule has 2 aromatic heterocycles. The van der Waals surface area contributed by atoms with E-state index in [4.69, 9.17) is 9.26 Å². The van der Waals surface area contributed by atoms with Crippen molar-refractivity contribution in [2.24, 2.45) is 0 Å². The lowest BCUT2D eigenvalue weighted by atomic mass is 10.1. The van der Waals surface area contributed by atoms with E-state index in [1.165, 1.54) is 17.8 Å². The van der Waals surface area contributed by atoms with Gasteiger partial charge in [0.15, 0.2) is 0 Å². The highest BCUT2D eigenvalue weighted by Gasteiger charge is 2.17. The molecule has 3 aromatic rings. The molecule has 0 saturated carbocycles. The summed E-state index contributed by atoms with van der Waals surface area (Å²) < 4.78 is 10.3. The standard InChI is InChI=1S/C20H18N4O3S/c1-4-26-20(25)16-9-14(10-21)19(22-13(16)3)28-11-17-23-18(24-27-17)15-8-6-5-7-12(15)2/h5-9H,4,11H2,1-3H3. The Morgan fingerprint density at radius 3 is 2.79 bits per heavy atom. The quantitative estimate of drug-likeness (QED) is 0.455. The van der Waals surface area contributed by atoms with Gasteiger partial charge in [0.2, 0.25) is 11.7 Å². The van der Waals surface area contributed by atoms with Crippen molar-refractivity contribution in [3.8, 4) is 17.5 Å². The van der Waals surface area contributed by atoms with Crippen LogP contribution in [0.1, 0.15) is 40.0 Å². The number of hydrogen-bond acceptors (Lipinski definition) is 8. The minimum Gasteiger partial charge on any atom is -0.462 e. The van der Waals surface area contributed by atoms with Crippen LogP contribution in [0.25, 0.3) is 11.4 Å². The van der Waals surface area contributed by atoms with Crippen LogP contribution in [-0.2, 0) is 10.5 Å². The number of carbonyl (C=O) groups is 1. The summed E-state index contributed by atoms with van der Waals surface area (Å²) in [6.45, 7) is 5.68. The number of pyridine rings is 1. The number of ether oxygens (including phenoxy) is 1. The second-order valence-corrected chi connectivity index (χ2v) is 6.89. The Balaban J connectivity index is 1.78. The van der Waals surface area contributed by atoms with Gasteiger partial charge in [-0.05, 0) is 32.4 Å². The molecule has 0 fully saturated rings. The van der Waals surface area contributed by atoms with Gasteiger partial charge in [-0.15, -0.1) is 0 Å². The fourth-order valence-electron chi connectivity index (χ4n) is 2.57. The molecule has 0 radical (unpaired) electrons. The number of hydrogen-bond donors (Lipinski definition) is 0. The average molecular weight is 394 g/mol. The predicted molar refractivity (Wildman–Crippen MR) is 104 cm³/mol. The Bertz CT molecular complexity index is 1060. The molecule has 0 bridgehead atoms. The number of esters is 1. The van der Waals surface area contributed by atoms with Gasteiger partial charge in [-0.3, -0.25) is 0 Å². The van der Waals surface area contributed by atoms with Gasteiger partial charge in [-0.25, -0.2) is 9.78 Å². The van der Waals surface area contributed by atoms with Gasteiger partial charge >= 0.3 is 5.97 Å². The average Bonchev–Trinajstić information content (AvgIpc) is 3.15. The lowest BCUT2D eigenvalue weighted by molar-refractivity contribution is 0.0524. The summed E-state index contributed by atoms with van der Waals surface area (Å²) in [5, 5.41) is 14.0. The number of aromatic nitrogens is 3. The Hall–Kier alpha value is -3.18. The molecule has 3 rings (SSSR count). The van der Waals surface area contributed by atoms with E-state index in [2.05, 4.69) is 21.2 Å². The predicted octanol–water partition coefficient (Wildman–Crippen LogP) is 4.09. The smallest absolute Gasteiger partial charge is 0.340 e. The van der Waals surface area contributed by atoms with E-state index in [1.807, 2.05) is 31.2 Å². The van der Waals surface area contributed by atoms with Crippen molar-refractivity contribution in [2.45, 2.75) is 31.6 Å². The molecule has 0 atom stereocenters. The minimum absolute atomic E-state index is 0.261. The number of thioether (sulfide) groups is 1. The van der Waals surface area contributed by atoms with E-state index in [0.717, 1.165) is 11.1 Å². The molecule has 0 aliphatic heterocycles. The number of benzene rings is 1. The summed E-state index contributed by atoms with van der Waals surface area (Å²) in [4.78, 5) is 20.8. The Kier molecular flexibility index (Phi) is 6.06. The van der Waals surface area contributed by atoms with E-state index in [9.17, 15) is 10.1 Å². The largest absolute Gasteiger partial charge is 0.462 e. The van der Waals surface area contributed by atoms with E-state index in [-0.39, 0.29) is 6.61 Å². The maximum Gasteiger partial charge on any atom is 0.340 e. The third-order valence-corrected chi connectivity index (χ3v) is 4.96. The Morgan fingerprint density at radius 1 is 1.29 bits per heavy atom. The first-order valence-corrected chi connectivity index (χ1v) is 9.62. The van der Waals surface area contributed by atoms with Crippen molar-refractivity contribution in [3.05, 3.63) is 58.6 Å². The van der Waals surface area contributed by atoms with E-state index >= 15 is 0 Å². The van der Waals surface area contributed by atoms with Crippen LogP contribution in [0, 0.1) is 25.2 Å². The van der Waals surface area contributed by atoms with Gasteiger partial charge in [-0.2, -0.15) is 10.2 Å². The number of nitrogens with zero attached hydrogens (tertiary/aromatic N) is 4. The van der Waals surface area contributed by atoms with Crippen LogP contribution in [0.3, 0.4) is 0 Å². The van der Waals surface area contributed by atoms with Gasteiger partial charge < -0.3 is 9.26 Å². The summed E-state index contributed by atoms with van der Waals surface area (Å²) in [5.74, 6) is 0.830. The lowest BCUT2D eigenvalue weighted by Crippen LogP contribution is -2.09. The zero-order valence-corrected chi connectivity index (χ0v) is 16.5. The summed E-state index contributed by atoms with van der Waals surface area (Å²) in [6.07, 6.45) is 0. The van der Waals surface area contributed by atoms with Gasteiger partial charge in [0.05, 0.1) is 29.2 Å². The van der Waals surface area contributed by atoms with Gasteiger partial charge in [-0.1, -0.05) is 41.2 Å². The van der Waals surface area contributed by atoms with Crippen molar-refractivity contribution in [3.63, 3.8) is 0 Å². The Morgan fingerprint density at radius 2 is 2.07 bits per heavy atom. The number of rotatable bonds is 6. The summed E-state index contributed by atoms with van der Waals surface area (Å²) in [5.41, 5.74) is 3.07. The van der Waals surface area contributed by atoms with E-state index < -0.39 is 5.97 Å². The van der Waals surface area contributed by atoms with Crippen molar-refractivity contribution in [2.75, 3.05) is 6.61 Å². The van der Waals surface area contributed by atoms with Crippen LogP contribution in [0.5, 0.6) is 0 Å². The third-order valence-electron chi connectivity index (χ3n) is 3.98. The molecule has 0 spiro atoms. The highest BCUT2D eigenvalue weighted by atomic mass is 32.2. The maximum absolute atomic E-state index is 12.0. The molecule has 28 heavy (non-hydrogen) atoms. The zero-order chi connectivity index (χ0) is 20.1. The van der Waals surface area contributed by atoms with Crippen LogP contribution in [0.15, 0.2) is 39.9 Å². The lowest BCUT2D eigenvalue weighted by Gasteiger charge is -2.08. The Labute approximate surface area is 166 Å². The molecule has 0 aliphatic carbocycles. The second-order valence-electron chi connectivity index (χ2n) is 5.92. The van der Waals surface area contributed by atoms with Gasteiger partial charge in [0.1, 0.15) is 11.1 Å². The number of nitriles is 1. The molecular formula is C20H18N4O3S. The molecule has 0 aliphatic rings. The van der Waals surface area contributed by atoms with Crippen LogP contribution in [0.2, 0.25) is 0 Å². The molecule has 1 aromatic carbocycles. The third kappa shape index (κ3) is 4.21. The molecule has 0 N–H and O–H groups in total. The molecule has 0 unspecified atom stereocenters. The van der Waals surface area contributed by atoms with E-state index in [0.29, 0.717) is 39.3 Å². The van der Waals surface area contributed by atoms with Crippen LogP contribution in [0.4, 0.5) is 0 Å². The van der Waals surface area contributed by atoms with Crippen molar-refractivity contribution < 1.29 is 14.1 Å². The first-order chi connectivity index (χ1) is 13.5. The molecule has 2 heterocycles. The molecule has 142 valence electrons. The van der Waals surface area contributed by atoms with E-state index in [1.54, 1.807) is 13.8 Å². The number of aryl methyl sites for hydroxylation is 2. The maximum atomic E-state index is 12.0.